The summed E-state index contributed by atoms with van der Waals surface area (Å²) in [4.78, 5) is 13.1. The van der Waals surface area contributed by atoms with Gasteiger partial charge in [0.05, 0.1) is 5.75 Å². The van der Waals surface area contributed by atoms with Crippen molar-refractivity contribution in [3.63, 3.8) is 0 Å². The molecule has 0 heterocycles. The summed E-state index contributed by atoms with van der Waals surface area (Å²) >= 11 is 7.70. The number of hydrogen-bond acceptors (Lipinski definition) is 2. The maximum absolute atomic E-state index is 11.9. The summed E-state index contributed by atoms with van der Waals surface area (Å²) < 4.78 is 0. The van der Waals surface area contributed by atoms with Crippen LogP contribution >= 0.6 is 23.4 Å². The molecule has 1 nitrogen and oxygen atoms in total. The van der Waals surface area contributed by atoms with Gasteiger partial charge >= 0.3 is 0 Å². The van der Waals surface area contributed by atoms with E-state index in [1.165, 1.54) is 0 Å². The third-order valence-corrected chi connectivity index (χ3v) is 4.16. The molecule has 0 aliphatic rings. The Morgan fingerprint density at radius 1 is 1.16 bits per heavy atom. The van der Waals surface area contributed by atoms with Gasteiger partial charge in [0, 0.05) is 16.3 Å². The summed E-state index contributed by atoms with van der Waals surface area (Å²) in [5.41, 5.74) is 2.02. The van der Waals surface area contributed by atoms with Crippen molar-refractivity contribution in [1.29, 1.82) is 0 Å². The van der Waals surface area contributed by atoms with Gasteiger partial charge in [0.1, 0.15) is 5.78 Å². The number of halogens is 1. The van der Waals surface area contributed by atoms with E-state index in [-0.39, 0.29) is 5.78 Å². The Bertz CT molecular complexity index is 566. The molecule has 0 saturated carbocycles. The molecule has 0 radical (unpaired) electrons. The maximum atomic E-state index is 11.9. The summed E-state index contributed by atoms with van der Waals surface area (Å²) in [5.74, 6) is 0.674. The minimum atomic E-state index is 0.194. The lowest BCUT2D eigenvalue weighted by atomic mass is 10.1. The maximum Gasteiger partial charge on any atom is 0.147 e. The monoisotopic (exact) mass is 290 g/mol. The van der Waals surface area contributed by atoms with Crippen molar-refractivity contribution in [2.24, 2.45) is 0 Å². The average Bonchev–Trinajstić information content (AvgIpc) is 2.41. The van der Waals surface area contributed by atoms with E-state index in [2.05, 4.69) is 0 Å². The minimum absolute atomic E-state index is 0.194. The highest BCUT2D eigenvalue weighted by Gasteiger charge is 2.08. The van der Waals surface area contributed by atoms with Crippen LogP contribution in [0, 0.1) is 6.92 Å². The van der Waals surface area contributed by atoms with Gasteiger partial charge < -0.3 is 0 Å². The van der Waals surface area contributed by atoms with Crippen molar-refractivity contribution in [3.8, 4) is 0 Å². The van der Waals surface area contributed by atoms with E-state index in [1.807, 2.05) is 55.5 Å². The molecule has 0 fully saturated rings. The van der Waals surface area contributed by atoms with E-state index < -0.39 is 0 Å². The first-order valence-corrected chi connectivity index (χ1v) is 7.46. The topological polar surface area (TPSA) is 17.1 Å². The predicted molar refractivity (Wildman–Crippen MR) is 82.1 cm³/mol. The van der Waals surface area contributed by atoms with Crippen LogP contribution in [0.25, 0.3) is 0 Å². The Morgan fingerprint density at radius 3 is 2.58 bits per heavy atom. The lowest BCUT2D eigenvalue weighted by molar-refractivity contribution is -0.116. The van der Waals surface area contributed by atoms with Gasteiger partial charge in [-0.1, -0.05) is 41.9 Å². The molecule has 0 saturated heterocycles. The SMILES string of the molecule is Cc1ccc(CC(=O)CSc2ccccc2)c(Cl)c1. The summed E-state index contributed by atoms with van der Waals surface area (Å²) in [6.45, 7) is 1.99. The number of hydrogen-bond donors (Lipinski definition) is 0. The van der Waals surface area contributed by atoms with Crippen molar-refractivity contribution in [1.82, 2.24) is 0 Å². The van der Waals surface area contributed by atoms with Crippen molar-refractivity contribution < 1.29 is 4.79 Å². The summed E-state index contributed by atoms with van der Waals surface area (Å²) in [6.07, 6.45) is 0.402. The van der Waals surface area contributed by atoms with Gasteiger partial charge in [-0.15, -0.1) is 11.8 Å². The smallest absolute Gasteiger partial charge is 0.147 e. The lowest BCUT2D eigenvalue weighted by Gasteiger charge is -2.05. The molecule has 3 heteroatoms. The zero-order valence-corrected chi connectivity index (χ0v) is 12.3. The van der Waals surface area contributed by atoms with Gasteiger partial charge in [-0.25, -0.2) is 0 Å². The molecule has 0 bridgehead atoms. The van der Waals surface area contributed by atoms with E-state index in [4.69, 9.17) is 11.6 Å². The third kappa shape index (κ3) is 4.41. The zero-order valence-electron chi connectivity index (χ0n) is 10.7. The standard InChI is InChI=1S/C16H15ClOS/c1-12-7-8-13(16(17)9-12)10-14(18)11-19-15-5-3-2-4-6-15/h2-9H,10-11H2,1H3. The highest BCUT2D eigenvalue weighted by molar-refractivity contribution is 8.00. The number of carbonyl (C=O) groups excluding carboxylic acids is 1. The summed E-state index contributed by atoms with van der Waals surface area (Å²) in [5, 5.41) is 0.679. The Balaban J connectivity index is 1.91. The first-order chi connectivity index (χ1) is 9.15. The Labute approximate surface area is 123 Å². The van der Waals surface area contributed by atoms with E-state index in [0.717, 1.165) is 16.0 Å². The molecule has 2 aromatic carbocycles. The highest BCUT2D eigenvalue weighted by atomic mass is 35.5. The number of aryl methyl sites for hydroxylation is 1. The van der Waals surface area contributed by atoms with Crippen LogP contribution in [-0.4, -0.2) is 11.5 Å². The Hall–Kier alpha value is -1.25. The fourth-order valence-corrected chi connectivity index (χ4v) is 2.82. The van der Waals surface area contributed by atoms with E-state index in [9.17, 15) is 4.79 Å². The third-order valence-electron chi connectivity index (χ3n) is 2.74. The number of rotatable bonds is 5. The summed E-state index contributed by atoms with van der Waals surface area (Å²) in [6, 6.07) is 15.8. The molecule has 0 spiro atoms. The highest BCUT2D eigenvalue weighted by Crippen LogP contribution is 2.21. The van der Waals surface area contributed by atoms with Gasteiger partial charge in [0.15, 0.2) is 0 Å². The van der Waals surface area contributed by atoms with Crippen LogP contribution in [0.5, 0.6) is 0 Å². The number of benzene rings is 2. The fraction of sp³-hybridized carbons (Fsp3) is 0.188. The van der Waals surface area contributed by atoms with Crippen LogP contribution in [-0.2, 0) is 11.2 Å². The molecule has 2 rings (SSSR count). The van der Waals surface area contributed by atoms with Crippen LogP contribution in [0.3, 0.4) is 0 Å². The molecule has 0 aliphatic carbocycles. The van der Waals surface area contributed by atoms with Gasteiger partial charge in [-0.2, -0.15) is 0 Å². The first kappa shape index (κ1) is 14.2. The summed E-state index contributed by atoms with van der Waals surface area (Å²) in [7, 11) is 0. The zero-order chi connectivity index (χ0) is 13.7. The van der Waals surface area contributed by atoms with Crippen molar-refractivity contribution >= 4 is 29.1 Å². The van der Waals surface area contributed by atoms with Crippen LogP contribution in [0.2, 0.25) is 5.02 Å². The quantitative estimate of drug-likeness (QED) is 0.751. The van der Waals surface area contributed by atoms with Gasteiger partial charge in [0.25, 0.3) is 0 Å². The average molecular weight is 291 g/mol. The molecule has 0 atom stereocenters. The number of thioether (sulfide) groups is 1. The second kappa shape index (κ2) is 6.78. The second-order valence-corrected chi connectivity index (χ2v) is 5.87. The van der Waals surface area contributed by atoms with Crippen LogP contribution in [0.15, 0.2) is 53.4 Å². The van der Waals surface area contributed by atoms with E-state index in [0.29, 0.717) is 17.2 Å². The van der Waals surface area contributed by atoms with Crippen LogP contribution < -0.4 is 0 Å². The Kier molecular flexibility index (Phi) is 5.06. The van der Waals surface area contributed by atoms with Gasteiger partial charge in [0.2, 0.25) is 0 Å². The molecule has 0 aliphatic heterocycles. The number of ketones is 1. The van der Waals surface area contributed by atoms with Crippen molar-refractivity contribution in [3.05, 3.63) is 64.7 Å². The molecular formula is C16H15ClOS. The lowest BCUT2D eigenvalue weighted by Crippen LogP contribution is -2.06. The van der Waals surface area contributed by atoms with Gasteiger partial charge in [-0.05, 0) is 36.2 Å². The number of carbonyl (C=O) groups is 1. The van der Waals surface area contributed by atoms with Crippen LogP contribution in [0.4, 0.5) is 0 Å². The van der Waals surface area contributed by atoms with E-state index in [1.54, 1.807) is 11.8 Å². The fourth-order valence-electron chi connectivity index (χ4n) is 1.74. The van der Waals surface area contributed by atoms with Crippen LogP contribution in [0.1, 0.15) is 11.1 Å². The minimum Gasteiger partial charge on any atom is -0.298 e. The molecular weight excluding hydrogens is 276 g/mol. The Morgan fingerprint density at radius 2 is 1.89 bits per heavy atom. The van der Waals surface area contributed by atoms with E-state index >= 15 is 0 Å². The molecule has 0 aromatic heterocycles. The largest absolute Gasteiger partial charge is 0.298 e. The first-order valence-electron chi connectivity index (χ1n) is 6.10. The van der Waals surface area contributed by atoms with Gasteiger partial charge in [-0.3, -0.25) is 4.79 Å². The molecule has 0 unspecified atom stereocenters. The molecule has 0 amide bonds. The second-order valence-electron chi connectivity index (χ2n) is 4.41. The molecule has 0 N–H and O–H groups in total. The normalized spacial score (nSPS) is 10.4. The predicted octanol–water partition coefficient (Wildman–Crippen LogP) is 4.55. The molecule has 98 valence electrons. The van der Waals surface area contributed by atoms with Crippen molar-refractivity contribution in [2.45, 2.75) is 18.2 Å². The number of Topliss-reactive ketones (excluding diaryl/α,β-unsaturated/α-hetero) is 1. The van der Waals surface area contributed by atoms with Crippen molar-refractivity contribution in [2.75, 3.05) is 5.75 Å². The molecule has 19 heavy (non-hydrogen) atoms. The molecule has 2 aromatic rings.